The maximum atomic E-state index is 13.7. The summed E-state index contributed by atoms with van der Waals surface area (Å²) >= 11 is 6.02. The Morgan fingerprint density at radius 1 is 1.03 bits per heavy atom. The quantitative estimate of drug-likeness (QED) is 0.418. The number of unbranched alkanes of at least 4 members (excludes halogenated alkanes) is 1. The van der Waals surface area contributed by atoms with Gasteiger partial charge in [-0.15, -0.1) is 0 Å². The van der Waals surface area contributed by atoms with Gasteiger partial charge in [-0.05, 0) is 55.5 Å². The van der Waals surface area contributed by atoms with Gasteiger partial charge in [-0.3, -0.25) is 13.9 Å². The van der Waals surface area contributed by atoms with E-state index in [0.717, 1.165) is 40.1 Å². The van der Waals surface area contributed by atoms with Gasteiger partial charge in [-0.25, -0.2) is 8.42 Å². The minimum absolute atomic E-state index is 0.153. The Labute approximate surface area is 214 Å². The predicted molar refractivity (Wildman–Crippen MR) is 142 cm³/mol. The number of benzene rings is 2. The molecule has 0 spiro atoms. The average molecular weight is 522 g/mol. The summed E-state index contributed by atoms with van der Waals surface area (Å²) in [7, 11) is -3.77. The molecule has 0 aliphatic rings. The van der Waals surface area contributed by atoms with Crippen LogP contribution < -0.4 is 9.62 Å². The molecule has 9 heteroatoms. The summed E-state index contributed by atoms with van der Waals surface area (Å²) in [5.41, 5.74) is 2.77. The highest BCUT2D eigenvalue weighted by Gasteiger charge is 2.32. The molecule has 2 rings (SSSR count). The number of amides is 2. The minimum Gasteiger partial charge on any atom is -0.354 e. The smallest absolute Gasteiger partial charge is 0.244 e. The molecule has 1 N–H and O–H groups in total. The Hall–Kier alpha value is -2.58. The van der Waals surface area contributed by atoms with E-state index in [9.17, 15) is 18.0 Å². The van der Waals surface area contributed by atoms with Gasteiger partial charge in [0.25, 0.3) is 0 Å². The molecular weight excluding hydrogens is 486 g/mol. The number of hydrogen-bond acceptors (Lipinski definition) is 4. The first kappa shape index (κ1) is 28.7. The number of halogens is 1. The fraction of sp³-hybridized carbons (Fsp3) is 0.462. The normalized spacial score (nSPS) is 12.2. The SMILES string of the molecule is CCCCNC(=O)C(CC)N(Cc1ccc(Cl)cc1)C(=O)CN(c1c(C)cccc1C)S(C)(=O)=O. The second kappa shape index (κ2) is 12.9. The number of rotatable bonds is 12. The van der Waals surface area contributed by atoms with Crippen molar-refractivity contribution in [3.05, 3.63) is 64.2 Å². The highest BCUT2D eigenvalue weighted by molar-refractivity contribution is 7.92. The number of anilines is 1. The zero-order chi connectivity index (χ0) is 26.2. The Kier molecular flexibility index (Phi) is 10.6. The zero-order valence-corrected chi connectivity index (χ0v) is 22.7. The summed E-state index contributed by atoms with van der Waals surface area (Å²) < 4.78 is 26.7. The lowest BCUT2D eigenvalue weighted by Gasteiger charge is -2.33. The topological polar surface area (TPSA) is 86.8 Å². The molecule has 0 aliphatic carbocycles. The van der Waals surface area contributed by atoms with Gasteiger partial charge in [0.1, 0.15) is 12.6 Å². The first-order chi connectivity index (χ1) is 16.5. The predicted octanol–water partition coefficient (Wildman–Crippen LogP) is 4.45. The third-order valence-corrected chi connectivity index (χ3v) is 7.21. The van der Waals surface area contributed by atoms with Gasteiger partial charge < -0.3 is 10.2 Å². The van der Waals surface area contributed by atoms with Crippen LogP contribution >= 0.6 is 11.6 Å². The molecule has 0 saturated carbocycles. The van der Waals surface area contributed by atoms with Crippen molar-refractivity contribution < 1.29 is 18.0 Å². The van der Waals surface area contributed by atoms with Crippen molar-refractivity contribution in [2.75, 3.05) is 23.7 Å². The maximum Gasteiger partial charge on any atom is 0.244 e. The van der Waals surface area contributed by atoms with Crippen LogP contribution in [0.25, 0.3) is 0 Å². The molecule has 0 aromatic heterocycles. The van der Waals surface area contributed by atoms with E-state index in [0.29, 0.717) is 23.7 Å². The molecular formula is C26H36ClN3O4S. The monoisotopic (exact) mass is 521 g/mol. The van der Waals surface area contributed by atoms with Gasteiger partial charge in [0, 0.05) is 18.1 Å². The molecule has 0 aliphatic heterocycles. The Morgan fingerprint density at radius 3 is 2.14 bits per heavy atom. The van der Waals surface area contributed by atoms with E-state index in [1.165, 1.54) is 4.90 Å². The van der Waals surface area contributed by atoms with Crippen LogP contribution in [0.1, 0.15) is 49.8 Å². The first-order valence-corrected chi connectivity index (χ1v) is 14.1. The number of sulfonamides is 1. The molecule has 0 saturated heterocycles. The highest BCUT2D eigenvalue weighted by Crippen LogP contribution is 2.27. The van der Waals surface area contributed by atoms with Crippen LogP contribution in [-0.4, -0.2) is 50.5 Å². The second-order valence-corrected chi connectivity index (χ2v) is 11.1. The van der Waals surface area contributed by atoms with Gasteiger partial charge in [-0.2, -0.15) is 0 Å². The van der Waals surface area contributed by atoms with Gasteiger partial charge in [-0.1, -0.05) is 62.2 Å². The first-order valence-electron chi connectivity index (χ1n) is 11.8. The molecule has 0 heterocycles. The van der Waals surface area contributed by atoms with Crippen molar-refractivity contribution >= 4 is 39.1 Å². The lowest BCUT2D eigenvalue weighted by molar-refractivity contribution is -0.140. The van der Waals surface area contributed by atoms with Crippen LogP contribution in [-0.2, 0) is 26.2 Å². The van der Waals surface area contributed by atoms with E-state index >= 15 is 0 Å². The molecule has 7 nitrogen and oxygen atoms in total. The van der Waals surface area contributed by atoms with Crippen molar-refractivity contribution in [3.8, 4) is 0 Å². The van der Waals surface area contributed by atoms with E-state index in [2.05, 4.69) is 5.32 Å². The van der Waals surface area contributed by atoms with Crippen molar-refractivity contribution in [2.24, 2.45) is 0 Å². The standard InChI is InChI=1S/C26H36ClN3O4S/c1-6-8-16-28-26(32)23(7-2)29(17-21-12-14-22(27)15-13-21)24(31)18-30(35(5,33)34)25-19(3)10-9-11-20(25)4/h9-15,23H,6-8,16-18H2,1-5H3,(H,28,32). The number of carbonyl (C=O) groups is 2. The largest absolute Gasteiger partial charge is 0.354 e. The lowest BCUT2D eigenvalue weighted by Crippen LogP contribution is -2.52. The van der Waals surface area contributed by atoms with Crippen LogP contribution in [0.5, 0.6) is 0 Å². The Morgan fingerprint density at radius 2 is 1.63 bits per heavy atom. The summed E-state index contributed by atoms with van der Waals surface area (Å²) in [6.45, 7) is 7.77. The summed E-state index contributed by atoms with van der Waals surface area (Å²) in [5, 5.41) is 3.48. The van der Waals surface area contributed by atoms with Crippen molar-refractivity contribution in [1.82, 2.24) is 10.2 Å². The Bertz CT molecular complexity index is 1100. The van der Waals surface area contributed by atoms with Crippen LogP contribution in [0.2, 0.25) is 5.02 Å². The third-order valence-electron chi connectivity index (χ3n) is 5.85. The molecule has 0 radical (unpaired) electrons. The van der Waals surface area contributed by atoms with E-state index < -0.39 is 28.5 Å². The van der Waals surface area contributed by atoms with Gasteiger partial charge in [0.05, 0.1) is 11.9 Å². The third kappa shape index (κ3) is 7.97. The molecule has 35 heavy (non-hydrogen) atoms. The highest BCUT2D eigenvalue weighted by atomic mass is 35.5. The molecule has 0 fully saturated rings. The van der Waals surface area contributed by atoms with E-state index in [1.54, 1.807) is 24.3 Å². The van der Waals surface area contributed by atoms with E-state index in [4.69, 9.17) is 11.6 Å². The molecule has 2 aromatic carbocycles. The molecule has 192 valence electrons. The molecule has 2 amide bonds. The number of hydrogen-bond donors (Lipinski definition) is 1. The van der Waals surface area contributed by atoms with Crippen LogP contribution in [0, 0.1) is 13.8 Å². The summed E-state index contributed by atoms with van der Waals surface area (Å²) in [6.07, 6.45) is 3.25. The summed E-state index contributed by atoms with van der Waals surface area (Å²) in [5.74, 6) is -0.702. The summed E-state index contributed by atoms with van der Waals surface area (Å²) in [6, 6.07) is 11.8. The van der Waals surface area contributed by atoms with Crippen molar-refractivity contribution in [1.29, 1.82) is 0 Å². The average Bonchev–Trinajstić information content (AvgIpc) is 2.78. The molecule has 0 bridgehead atoms. The molecule has 1 atom stereocenters. The molecule has 2 aromatic rings. The number of para-hydroxylation sites is 1. The number of nitrogens with one attached hydrogen (secondary N) is 1. The van der Waals surface area contributed by atoms with Crippen molar-refractivity contribution in [3.63, 3.8) is 0 Å². The van der Waals surface area contributed by atoms with Crippen molar-refractivity contribution in [2.45, 2.75) is 59.5 Å². The Balaban J connectivity index is 2.45. The van der Waals surface area contributed by atoms with Gasteiger partial charge >= 0.3 is 0 Å². The van der Waals surface area contributed by atoms with Gasteiger partial charge in [0.2, 0.25) is 21.8 Å². The van der Waals surface area contributed by atoms with Crippen LogP contribution in [0.4, 0.5) is 5.69 Å². The molecule has 1 unspecified atom stereocenters. The van der Waals surface area contributed by atoms with Crippen LogP contribution in [0.15, 0.2) is 42.5 Å². The van der Waals surface area contributed by atoms with Crippen LogP contribution in [0.3, 0.4) is 0 Å². The number of carbonyl (C=O) groups excluding carboxylic acids is 2. The summed E-state index contributed by atoms with van der Waals surface area (Å²) in [4.78, 5) is 28.2. The second-order valence-electron chi connectivity index (χ2n) is 8.73. The maximum absolute atomic E-state index is 13.7. The minimum atomic E-state index is -3.77. The zero-order valence-electron chi connectivity index (χ0n) is 21.2. The lowest BCUT2D eigenvalue weighted by atomic mass is 10.1. The number of aryl methyl sites for hydroxylation is 2. The van der Waals surface area contributed by atoms with E-state index in [-0.39, 0.29) is 12.5 Å². The number of nitrogens with zero attached hydrogens (tertiary/aromatic N) is 2. The van der Waals surface area contributed by atoms with E-state index in [1.807, 2.05) is 45.9 Å². The fourth-order valence-electron chi connectivity index (χ4n) is 3.99. The fourth-order valence-corrected chi connectivity index (χ4v) is 5.08. The van der Waals surface area contributed by atoms with Gasteiger partial charge in [0.15, 0.2) is 0 Å².